The van der Waals surface area contributed by atoms with Crippen LogP contribution in [0.3, 0.4) is 0 Å². The Hall–Kier alpha value is -5.29. The number of nitrogens with zero attached hydrogens (tertiary/aromatic N) is 4. The summed E-state index contributed by atoms with van der Waals surface area (Å²) in [6, 6.07) is 25.6. The van der Waals surface area contributed by atoms with Crippen LogP contribution in [0.4, 0.5) is 0 Å². The van der Waals surface area contributed by atoms with E-state index < -0.39 is 17.8 Å². The summed E-state index contributed by atoms with van der Waals surface area (Å²) in [4.78, 5) is 38.6. The number of benzene rings is 3. The van der Waals surface area contributed by atoms with Gasteiger partial charge in [0.2, 0.25) is 0 Å². The van der Waals surface area contributed by atoms with E-state index in [0.29, 0.717) is 11.3 Å². The first-order chi connectivity index (χ1) is 18.9. The predicted octanol–water partition coefficient (Wildman–Crippen LogP) is 4.85. The third kappa shape index (κ3) is 4.98. The number of aromatic nitrogens is 2. The van der Waals surface area contributed by atoms with Gasteiger partial charge in [0, 0.05) is 29.8 Å². The highest BCUT2D eigenvalue weighted by atomic mass is 16.5. The lowest BCUT2D eigenvalue weighted by Gasteiger charge is -2.27. The highest BCUT2D eigenvalue weighted by Gasteiger charge is 2.35. The molecule has 8 heteroatoms. The van der Waals surface area contributed by atoms with Crippen LogP contribution in [0.25, 0.3) is 33.8 Å². The van der Waals surface area contributed by atoms with Crippen molar-refractivity contribution in [3.63, 3.8) is 0 Å². The normalized spacial score (nSPS) is 14.7. The Labute approximate surface area is 225 Å². The third-order valence-electron chi connectivity index (χ3n) is 6.53. The Bertz CT molecular complexity index is 1720. The molecule has 2 amide bonds. The fraction of sp³-hybridized carbons (Fsp3) is 0.129. The number of rotatable bonds is 6. The smallest absolute Gasteiger partial charge is 0.302 e. The molecule has 0 aliphatic carbocycles. The lowest BCUT2D eigenvalue weighted by atomic mass is 9.93. The molecule has 0 fully saturated rings. The van der Waals surface area contributed by atoms with Gasteiger partial charge in [-0.15, -0.1) is 0 Å². The molecule has 0 spiro atoms. The Balaban J connectivity index is 1.65. The van der Waals surface area contributed by atoms with Crippen molar-refractivity contribution in [2.75, 3.05) is 13.2 Å². The summed E-state index contributed by atoms with van der Waals surface area (Å²) >= 11 is 0. The van der Waals surface area contributed by atoms with Gasteiger partial charge >= 0.3 is 5.97 Å². The van der Waals surface area contributed by atoms with E-state index in [4.69, 9.17) is 9.84 Å². The zero-order valence-electron chi connectivity index (χ0n) is 21.4. The van der Waals surface area contributed by atoms with Gasteiger partial charge in [-0.2, -0.15) is 10.4 Å². The van der Waals surface area contributed by atoms with E-state index in [1.807, 2.05) is 85.1 Å². The molecule has 8 nitrogen and oxygen atoms in total. The van der Waals surface area contributed by atoms with Gasteiger partial charge in [-0.05, 0) is 47.5 Å². The molecule has 1 aliphatic heterocycles. The molecular weight excluding hydrogens is 492 g/mol. The number of ether oxygens (including phenoxy) is 1. The number of para-hydroxylation sites is 1. The summed E-state index contributed by atoms with van der Waals surface area (Å²) in [6.07, 6.45) is 3.48. The van der Waals surface area contributed by atoms with Crippen molar-refractivity contribution in [2.24, 2.45) is 0 Å². The molecule has 0 atom stereocenters. The molecule has 0 saturated heterocycles. The van der Waals surface area contributed by atoms with Crippen LogP contribution < -0.4 is 0 Å². The van der Waals surface area contributed by atoms with E-state index in [-0.39, 0.29) is 29.9 Å². The average molecular weight is 517 g/mol. The van der Waals surface area contributed by atoms with Crippen LogP contribution >= 0.6 is 0 Å². The Morgan fingerprint density at radius 2 is 1.72 bits per heavy atom. The molecule has 0 radical (unpaired) electrons. The number of fused-ring (bicyclic) bond motifs is 1. The fourth-order valence-corrected chi connectivity index (χ4v) is 4.54. The zero-order chi connectivity index (χ0) is 27.5. The average Bonchev–Trinajstić information content (AvgIpc) is 3.37. The molecule has 0 unspecified atom stereocenters. The summed E-state index contributed by atoms with van der Waals surface area (Å²) in [5, 5.41) is 16.7. The van der Waals surface area contributed by atoms with E-state index in [0.717, 1.165) is 26.9 Å². The molecular formula is C31H24N4O4. The van der Waals surface area contributed by atoms with Gasteiger partial charge in [-0.1, -0.05) is 54.6 Å². The highest BCUT2D eigenvalue weighted by Crippen LogP contribution is 2.32. The van der Waals surface area contributed by atoms with Crippen LogP contribution in [0.15, 0.2) is 95.7 Å². The largest absolute Gasteiger partial charge is 0.464 e. The molecule has 2 heterocycles. The minimum absolute atomic E-state index is 0.133. The second-order valence-electron chi connectivity index (χ2n) is 9.05. The predicted molar refractivity (Wildman–Crippen MR) is 146 cm³/mol. The van der Waals surface area contributed by atoms with E-state index in [1.54, 1.807) is 17.7 Å². The summed E-state index contributed by atoms with van der Waals surface area (Å²) in [6.45, 7) is 2.51. The number of esters is 1. The Kier molecular flexibility index (Phi) is 6.89. The quantitative estimate of drug-likeness (QED) is 0.206. The third-order valence-corrected chi connectivity index (χ3v) is 6.53. The number of nitriles is 1. The van der Waals surface area contributed by atoms with E-state index in [2.05, 4.69) is 0 Å². The van der Waals surface area contributed by atoms with Crippen LogP contribution in [-0.4, -0.2) is 45.6 Å². The van der Waals surface area contributed by atoms with Crippen LogP contribution in [0.1, 0.15) is 19.4 Å². The van der Waals surface area contributed by atoms with Crippen LogP contribution in [0.2, 0.25) is 0 Å². The van der Waals surface area contributed by atoms with Crippen molar-refractivity contribution in [1.82, 2.24) is 14.7 Å². The van der Waals surface area contributed by atoms with Crippen molar-refractivity contribution in [1.29, 1.82) is 5.26 Å². The first kappa shape index (κ1) is 25.4. The number of imide groups is 1. The Morgan fingerprint density at radius 1 is 1.00 bits per heavy atom. The molecule has 1 aromatic heterocycles. The minimum Gasteiger partial charge on any atom is -0.464 e. The molecule has 0 saturated carbocycles. The maximum absolute atomic E-state index is 13.5. The van der Waals surface area contributed by atoms with Gasteiger partial charge in [-0.3, -0.25) is 19.3 Å². The van der Waals surface area contributed by atoms with Crippen LogP contribution in [0.5, 0.6) is 0 Å². The Morgan fingerprint density at radius 3 is 2.44 bits per heavy atom. The second kappa shape index (κ2) is 10.6. The van der Waals surface area contributed by atoms with Gasteiger partial charge in [0.25, 0.3) is 11.8 Å². The SMILES string of the molecule is CC(=O)OCCN1C(=O)C(C#N)=C(C)/C(=C\c2cn(-c3ccccc3)nc2-c2ccc3ccccc3c2)C1=O. The van der Waals surface area contributed by atoms with E-state index in [1.165, 1.54) is 6.92 Å². The lowest BCUT2D eigenvalue weighted by Crippen LogP contribution is -2.44. The van der Waals surface area contributed by atoms with Crippen molar-refractivity contribution < 1.29 is 19.1 Å². The van der Waals surface area contributed by atoms with Gasteiger partial charge in [0.1, 0.15) is 18.2 Å². The van der Waals surface area contributed by atoms with Crippen molar-refractivity contribution >= 4 is 34.6 Å². The lowest BCUT2D eigenvalue weighted by molar-refractivity contribution is -0.147. The van der Waals surface area contributed by atoms with E-state index >= 15 is 0 Å². The maximum atomic E-state index is 13.5. The number of carbonyl (C=O) groups excluding carboxylic acids is 3. The molecule has 0 N–H and O–H groups in total. The molecule has 1 aliphatic rings. The van der Waals surface area contributed by atoms with Crippen LogP contribution in [0, 0.1) is 11.3 Å². The molecule has 4 aromatic rings. The summed E-state index contributed by atoms with van der Waals surface area (Å²) in [5.74, 6) is -1.80. The highest BCUT2D eigenvalue weighted by molar-refractivity contribution is 6.19. The zero-order valence-corrected chi connectivity index (χ0v) is 21.4. The maximum Gasteiger partial charge on any atom is 0.302 e. The number of hydrogen-bond donors (Lipinski definition) is 0. The summed E-state index contributed by atoms with van der Waals surface area (Å²) < 4.78 is 6.67. The minimum atomic E-state index is -0.709. The monoisotopic (exact) mass is 516 g/mol. The van der Waals surface area contributed by atoms with Gasteiger partial charge in [-0.25, -0.2) is 4.68 Å². The molecule has 192 valence electrons. The molecule has 5 rings (SSSR count). The van der Waals surface area contributed by atoms with Gasteiger partial charge < -0.3 is 4.74 Å². The van der Waals surface area contributed by atoms with Crippen LogP contribution in [-0.2, 0) is 19.1 Å². The van der Waals surface area contributed by atoms with Gasteiger partial charge in [0.15, 0.2) is 0 Å². The fourth-order valence-electron chi connectivity index (χ4n) is 4.54. The van der Waals surface area contributed by atoms with Crippen molar-refractivity contribution in [3.8, 4) is 23.0 Å². The van der Waals surface area contributed by atoms with Gasteiger partial charge in [0.05, 0.1) is 17.9 Å². The molecule has 39 heavy (non-hydrogen) atoms. The summed E-state index contributed by atoms with van der Waals surface area (Å²) in [7, 11) is 0. The molecule has 0 bridgehead atoms. The van der Waals surface area contributed by atoms with Crippen molar-refractivity contribution in [3.05, 3.63) is 101 Å². The number of carbonyl (C=O) groups is 3. The first-order valence-electron chi connectivity index (χ1n) is 12.3. The molecule has 3 aromatic carbocycles. The van der Waals surface area contributed by atoms with E-state index in [9.17, 15) is 19.6 Å². The first-order valence-corrected chi connectivity index (χ1v) is 12.3. The number of amides is 2. The summed E-state index contributed by atoms with van der Waals surface area (Å²) in [5.41, 5.74) is 3.32. The standard InChI is InChI=1S/C31H24N4O4/c1-20-27(30(37)34(14-15-39-21(2)36)31(38)28(20)18-32)17-25-19-35(26-10-4-3-5-11-26)33-29(25)24-13-12-22-8-6-7-9-23(22)16-24/h3-13,16-17,19H,14-15H2,1-2H3/b27-17+. The topological polar surface area (TPSA) is 105 Å². The number of hydrogen-bond acceptors (Lipinski definition) is 6. The van der Waals surface area contributed by atoms with Crippen molar-refractivity contribution in [2.45, 2.75) is 13.8 Å². The second-order valence-corrected chi connectivity index (χ2v) is 9.05.